The number of rotatable bonds is 6. The number of nitrogens with zero attached hydrogens (tertiary/aromatic N) is 1. The Morgan fingerprint density at radius 3 is 2.51 bits per heavy atom. The number of hydrogen-bond acceptors (Lipinski definition) is 7. The highest BCUT2D eigenvalue weighted by atomic mass is 35.5. The predicted octanol–water partition coefficient (Wildman–Crippen LogP) is 2.78. The van der Waals surface area contributed by atoms with Crippen LogP contribution in [0.2, 0.25) is 10.0 Å². The van der Waals surface area contributed by atoms with E-state index >= 15 is 0 Å². The summed E-state index contributed by atoms with van der Waals surface area (Å²) in [5.41, 5.74) is -0.992. The number of thioether (sulfide) groups is 1. The quantitative estimate of drug-likeness (QED) is 0.328. The smallest absolute Gasteiger partial charge is 0.328 e. The third-order valence-electron chi connectivity index (χ3n) is 4.92. The van der Waals surface area contributed by atoms with Crippen LogP contribution in [0.4, 0.5) is 5.69 Å². The number of benzene rings is 2. The van der Waals surface area contributed by atoms with Crippen LogP contribution in [-0.2, 0) is 9.59 Å². The van der Waals surface area contributed by atoms with Crippen molar-refractivity contribution in [3.8, 4) is 5.88 Å². The first kappa shape index (κ1) is 24.6. The molecule has 1 saturated heterocycles. The van der Waals surface area contributed by atoms with Gasteiger partial charge in [0.1, 0.15) is 16.9 Å². The second-order valence-electron chi connectivity index (χ2n) is 7.42. The van der Waals surface area contributed by atoms with E-state index in [-0.39, 0.29) is 17.2 Å². The number of nitrogens with one attached hydrogen (secondary N) is 4. The van der Waals surface area contributed by atoms with Gasteiger partial charge in [0.2, 0.25) is 17.7 Å². The Balaban J connectivity index is 1.59. The van der Waals surface area contributed by atoms with Gasteiger partial charge >= 0.3 is 5.69 Å². The predicted molar refractivity (Wildman–Crippen MR) is 134 cm³/mol. The lowest BCUT2D eigenvalue weighted by Crippen LogP contribution is -2.29. The molecule has 3 aromatic rings. The summed E-state index contributed by atoms with van der Waals surface area (Å²) in [4.78, 5) is 57.6. The molecule has 0 saturated carbocycles. The lowest BCUT2D eigenvalue weighted by atomic mass is 10.0. The van der Waals surface area contributed by atoms with Gasteiger partial charge in [-0.25, -0.2) is 9.79 Å². The zero-order valence-corrected chi connectivity index (χ0v) is 20.0. The Morgan fingerprint density at radius 2 is 1.83 bits per heavy atom. The van der Waals surface area contributed by atoms with Crippen LogP contribution in [-0.4, -0.2) is 37.3 Å². The minimum absolute atomic E-state index is 0.139. The van der Waals surface area contributed by atoms with Gasteiger partial charge in [-0.1, -0.05) is 53.2 Å². The van der Waals surface area contributed by atoms with Crippen LogP contribution < -0.4 is 21.9 Å². The van der Waals surface area contributed by atoms with E-state index in [0.29, 0.717) is 21.3 Å². The summed E-state index contributed by atoms with van der Waals surface area (Å²) < 4.78 is 0. The van der Waals surface area contributed by atoms with E-state index < -0.39 is 40.2 Å². The van der Waals surface area contributed by atoms with Gasteiger partial charge in [-0.2, -0.15) is 0 Å². The van der Waals surface area contributed by atoms with Crippen molar-refractivity contribution in [3.05, 3.63) is 90.5 Å². The first-order valence-corrected chi connectivity index (χ1v) is 11.7. The molecule has 0 unspecified atom stereocenters. The Hall–Kier alpha value is -3.54. The highest BCUT2D eigenvalue weighted by Crippen LogP contribution is 2.32. The maximum absolute atomic E-state index is 12.5. The van der Waals surface area contributed by atoms with Gasteiger partial charge in [0.05, 0.1) is 0 Å². The van der Waals surface area contributed by atoms with E-state index in [9.17, 15) is 24.3 Å². The molecule has 0 bridgehead atoms. The van der Waals surface area contributed by atoms with Gasteiger partial charge in [-0.15, -0.1) is 0 Å². The summed E-state index contributed by atoms with van der Waals surface area (Å²) >= 11 is 12.9. The Kier molecular flexibility index (Phi) is 7.29. The van der Waals surface area contributed by atoms with Gasteiger partial charge in [0.25, 0.3) is 5.56 Å². The van der Waals surface area contributed by atoms with E-state index in [1.807, 2.05) is 0 Å². The highest BCUT2D eigenvalue weighted by Gasteiger charge is 2.33. The number of aromatic hydroxyl groups is 1. The van der Waals surface area contributed by atoms with Crippen molar-refractivity contribution in [1.29, 1.82) is 0 Å². The van der Waals surface area contributed by atoms with Gasteiger partial charge in [-0.05, 0) is 35.9 Å². The van der Waals surface area contributed by atoms with Crippen molar-refractivity contribution >= 4 is 57.6 Å². The average Bonchev–Trinajstić information content (AvgIpc) is 3.11. The fraction of sp³-hybridized carbons (Fsp3) is 0.136. The van der Waals surface area contributed by atoms with Crippen LogP contribution in [0, 0.1) is 0 Å². The molecule has 2 aromatic carbocycles. The maximum Gasteiger partial charge on any atom is 0.328 e. The molecule has 0 radical (unpaired) electrons. The zero-order valence-electron chi connectivity index (χ0n) is 17.7. The van der Waals surface area contributed by atoms with Crippen molar-refractivity contribution < 1.29 is 14.7 Å². The third kappa shape index (κ3) is 5.94. The lowest BCUT2D eigenvalue weighted by molar-refractivity contribution is -0.122. The number of aromatic amines is 2. The molecule has 35 heavy (non-hydrogen) atoms. The molecule has 10 nitrogen and oxygen atoms in total. The van der Waals surface area contributed by atoms with E-state index in [4.69, 9.17) is 23.2 Å². The standard InChI is InChI=1S/C22H17Cl2N5O5S/c23-11-6-4-10(5-7-11)17(16-19(32)27-21(34)28-20(16)33)26-22-29-18(31)14(35-22)9-15(30)25-13-3-1-2-12(24)8-13/h1-8,14,17H,9H2,(H,25,30)(H,26,29,31)(H3,27,28,32,33,34)/t14-,17-/m0/s1. The van der Waals surface area contributed by atoms with Crippen molar-refractivity contribution in [1.82, 2.24) is 15.3 Å². The lowest BCUT2D eigenvalue weighted by Gasteiger charge is -2.14. The number of amides is 2. The summed E-state index contributed by atoms with van der Waals surface area (Å²) in [5, 5.41) is 15.8. The number of H-pyrrole nitrogens is 2. The Morgan fingerprint density at radius 1 is 1.09 bits per heavy atom. The summed E-state index contributed by atoms with van der Waals surface area (Å²) in [6.45, 7) is 0. The minimum Gasteiger partial charge on any atom is -0.494 e. The molecular weight excluding hydrogens is 517 g/mol. The Labute approximate surface area is 211 Å². The fourth-order valence-electron chi connectivity index (χ4n) is 3.35. The monoisotopic (exact) mass is 533 g/mol. The molecule has 0 aliphatic carbocycles. The van der Waals surface area contributed by atoms with Crippen LogP contribution in [0.1, 0.15) is 23.6 Å². The van der Waals surface area contributed by atoms with E-state index in [0.717, 1.165) is 11.8 Å². The molecule has 1 aromatic heterocycles. The largest absolute Gasteiger partial charge is 0.494 e. The summed E-state index contributed by atoms with van der Waals surface area (Å²) in [5.74, 6) is -1.50. The van der Waals surface area contributed by atoms with E-state index in [1.165, 1.54) is 0 Å². The van der Waals surface area contributed by atoms with Crippen molar-refractivity contribution in [3.63, 3.8) is 0 Å². The molecule has 1 aliphatic rings. The van der Waals surface area contributed by atoms with Gasteiger partial charge in [0.15, 0.2) is 5.17 Å². The van der Waals surface area contributed by atoms with Gasteiger partial charge < -0.3 is 15.7 Å². The van der Waals surface area contributed by atoms with Crippen LogP contribution in [0.5, 0.6) is 5.88 Å². The summed E-state index contributed by atoms with van der Waals surface area (Å²) in [6.07, 6.45) is -0.141. The molecule has 2 heterocycles. The van der Waals surface area contributed by atoms with Crippen molar-refractivity contribution in [2.75, 3.05) is 5.32 Å². The second kappa shape index (κ2) is 10.4. The molecule has 4 rings (SSSR count). The minimum atomic E-state index is -1.09. The molecule has 2 amide bonds. The number of aliphatic imine (C=N–C) groups is 1. The van der Waals surface area contributed by atoms with Crippen LogP contribution in [0.25, 0.3) is 0 Å². The van der Waals surface area contributed by atoms with Crippen molar-refractivity contribution in [2.24, 2.45) is 4.99 Å². The molecule has 1 aliphatic heterocycles. The fourth-order valence-corrected chi connectivity index (χ4v) is 4.67. The van der Waals surface area contributed by atoms with E-state index in [1.54, 1.807) is 48.5 Å². The van der Waals surface area contributed by atoms with Gasteiger partial charge in [0, 0.05) is 22.2 Å². The molecular formula is C22H17Cl2N5O5S. The summed E-state index contributed by atoms with van der Waals surface area (Å²) in [6, 6.07) is 11.9. The molecule has 180 valence electrons. The number of aromatic nitrogens is 2. The van der Waals surface area contributed by atoms with Crippen LogP contribution in [0.15, 0.2) is 63.1 Å². The van der Waals surface area contributed by atoms with Crippen LogP contribution in [0.3, 0.4) is 0 Å². The second-order valence-corrected chi connectivity index (χ2v) is 9.48. The number of anilines is 1. The molecule has 1 fully saturated rings. The zero-order chi connectivity index (χ0) is 25.1. The first-order valence-electron chi connectivity index (χ1n) is 10.1. The number of halogens is 2. The van der Waals surface area contributed by atoms with Crippen molar-refractivity contribution in [2.45, 2.75) is 17.7 Å². The maximum atomic E-state index is 12.5. The molecule has 2 atom stereocenters. The molecule has 13 heteroatoms. The summed E-state index contributed by atoms with van der Waals surface area (Å²) in [7, 11) is 0. The van der Waals surface area contributed by atoms with Crippen LogP contribution >= 0.6 is 35.0 Å². The number of hydrogen-bond donors (Lipinski definition) is 5. The highest BCUT2D eigenvalue weighted by molar-refractivity contribution is 8.15. The normalized spacial score (nSPS) is 17.3. The number of carbonyl (C=O) groups is 2. The van der Waals surface area contributed by atoms with Gasteiger partial charge in [-0.3, -0.25) is 24.4 Å². The first-order chi connectivity index (χ1) is 16.7. The average molecular weight is 534 g/mol. The number of amidine groups is 1. The Bertz CT molecular complexity index is 1440. The SMILES string of the molecule is O=C(C[C@@H]1SC(=N[C@@H](c2ccc(Cl)cc2)c2c(O)[nH]c(=O)[nH]c2=O)NC1=O)Nc1cccc(Cl)c1. The van der Waals surface area contributed by atoms with E-state index in [2.05, 4.69) is 25.6 Å². The number of carbonyl (C=O) groups excluding carboxylic acids is 2. The third-order valence-corrected chi connectivity index (χ3v) is 6.50. The topological polar surface area (TPSA) is 157 Å². The molecule has 5 N–H and O–H groups in total. The molecule has 0 spiro atoms.